The number of rotatable bonds is 4. The fourth-order valence-corrected chi connectivity index (χ4v) is 4.16. The second-order valence-electron chi connectivity index (χ2n) is 9.75. The molecule has 0 bridgehead atoms. The van der Waals surface area contributed by atoms with Crippen LogP contribution in [-0.2, 0) is 5.41 Å². The standard InChI is InChI=1S/C32H26O6/c1-32(2,3)21-18-19-26-27(20-21)29(38-31(34)36-23-14-8-5-9-15-23)25-17-11-10-16-24(25)28(26)37-30(33)35-22-12-6-4-7-13-22/h4-20H,1-3H3. The zero-order valence-corrected chi connectivity index (χ0v) is 21.3. The first-order valence-corrected chi connectivity index (χ1v) is 12.2. The highest BCUT2D eigenvalue weighted by Crippen LogP contribution is 2.44. The monoisotopic (exact) mass is 506 g/mol. The smallest absolute Gasteiger partial charge is 0.395 e. The summed E-state index contributed by atoms with van der Waals surface area (Å²) in [5.41, 5.74) is 0.828. The van der Waals surface area contributed by atoms with E-state index >= 15 is 0 Å². The molecule has 0 radical (unpaired) electrons. The van der Waals surface area contributed by atoms with E-state index in [9.17, 15) is 9.59 Å². The van der Waals surface area contributed by atoms with Crippen LogP contribution in [-0.4, -0.2) is 12.3 Å². The Labute approximate surface area is 220 Å². The first-order chi connectivity index (χ1) is 18.3. The van der Waals surface area contributed by atoms with Gasteiger partial charge in [-0.3, -0.25) is 0 Å². The molecule has 6 nitrogen and oxygen atoms in total. The highest BCUT2D eigenvalue weighted by molar-refractivity contribution is 6.12. The van der Waals surface area contributed by atoms with E-state index in [1.54, 1.807) is 60.7 Å². The van der Waals surface area contributed by atoms with Gasteiger partial charge in [0.25, 0.3) is 0 Å². The molecule has 5 aromatic rings. The number of ether oxygens (including phenoxy) is 4. The Balaban J connectivity index is 1.63. The molecule has 6 heteroatoms. The minimum atomic E-state index is -0.875. The van der Waals surface area contributed by atoms with Gasteiger partial charge in [-0.15, -0.1) is 0 Å². The fraction of sp³-hybridized carbons (Fsp3) is 0.125. The summed E-state index contributed by atoms with van der Waals surface area (Å²) in [6.07, 6.45) is -1.75. The average Bonchev–Trinajstić information content (AvgIpc) is 2.91. The molecule has 5 aromatic carbocycles. The molecule has 0 aliphatic carbocycles. The Hall–Kier alpha value is -4.84. The zero-order valence-electron chi connectivity index (χ0n) is 21.3. The minimum Gasteiger partial charge on any atom is -0.395 e. The summed E-state index contributed by atoms with van der Waals surface area (Å²) < 4.78 is 22.4. The van der Waals surface area contributed by atoms with Gasteiger partial charge >= 0.3 is 12.3 Å². The van der Waals surface area contributed by atoms with Crippen LogP contribution in [0.15, 0.2) is 103 Å². The summed E-state index contributed by atoms with van der Waals surface area (Å²) in [6.45, 7) is 6.27. The summed E-state index contributed by atoms with van der Waals surface area (Å²) >= 11 is 0. The van der Waals surface area contributed by atoms with Crippen molar-refractivity contribution in [3.63, 3.8) is 0 Å². The van der Waals surface area contributed by atoms with Crippen molar-refractivity contribution in [2.75, 3.05) is 0 Å². The predicted molar refractivity (Wildman–Crippen MR) is 146 cm³/mol. The lowest BCUT2D eigenvalue weighted by atomic mass is 9.85. The highest BCUT2D eigenvalue weighted by Gasteiger charge is 2.24. The lowest BCUT2D eigenvalue weighted by Crippen LogP contribution is -2.16. The Morgan fingerprint density at radius 3 is 1.39 bits per heavy atom. The van der Waals surface area contributed by atoms with Gasteiger partial charge in [-0.2, -0.15) is 0 Å². The van der Waals surface area contributed by atoms with Crippen LogP contribution in [0.2, 0.25) is 0 Å². The van der Waals surface area contributed by atoms with Crippen molar-refractivity contribution in [1.82, 2.24) is 0 Å². The van der Waals surface area contributed by atoms with Crippen LogP contribution in [0, 0.1) is 0 Å². The van der Waals surface area contributed by atoms with E-state index in [0.717, 1.165) is 5.56 Å². The molecule has 0 atom stereocenters. The van der Waals surface area contributed by atoms with Gasteiger partial charge < -0.3 is 18.9 Å². The van der Waals surface area contributed by atoms with E-state index in [-0.39, 0.29) is 5.41 Å². The highest BCUT2D eigenvalue weighted by atomic mass is 16.7. The fourth-order valence-electron chi connectivity index (χ4n) is 4.16. The largest absolute Gasteiger partial charge is 0.519 e. The molecule has 0 heterocycles. The van der Waals surface area contributed by atoms with E-state index in [2.05, 4.69) is 20.8 Å². The minimum absolute atomic E-state index is 0.186. The molecule has 0 aliphatic rings. The third-order valence-corrected chi connectivity index (χ3v) is 6.05. The quantitative estimate of drug-likeness (QED) is 0.138. The lowest BCUT2D eigenvalue weighted by molar-refractivity contribution is 0.151. The maximum atomic E-state index is 12.9. The number of carbonyl (C=O) groups excluding carboxylic acids is 2. The van der Waals surface area contributed by atoms with Gasteiger partial charge in [0.05, 0.1) is 0 Å². The van der Waals surface area contributed by atoms with Gasteiger partial charge in [-0.05, 0) is 41.3 Å². The molecule has 38 heavy (non-hydrogen) atoms. The van der Waals surface area contributed by atoms with Crippen LogP contribution in [0.3, 0.4) is 0 Å². The number of para-hydroxylation sites is 2. The number of fused-ring (bicyclic) bond motifs is 2. The second-order valence-corrected chi connectivity index (χ2v) is 9.75. The van der Waals surface area contributed by atoms with Gasteiger partial charge in [0, 0.05) is 21.5 Å². The third-order valence-electron chi connectivity index (χ3n) is 6.05. The number of hydrogen-bond acceptors (Lipinski definition) is 6. The van der Waals surface area contributed by atoms with Gasteiger partial charge in [0.1, 0.15) is 23.0 Å². The molecule has 0 saturated carbocycles. The Bertz CT molecular complexity index is 1620. The molecule has 0 amide bonds. The van der Waals surface area contributed by atoms with E-state index in [1.165, 1.54) is 0 Å². The van der Waals surface area contributed by atoms with Gasteiger partial charge in [0.2, 0.25) is 0 Å². The van der Waals surface area contributed by atoms with Crippen LogP contribution >= 0.6 is 0 Å². The molecule has 0 N–H and O–H groups in total. The topological polar surface area (TPSA) is 71.1 Å². The van der Waals surface area contributed by atoms with Gasteiger partial charge in [-0.25, -0.2) is 9.59 Å². The van der Waals surface area contributed by atoms with Crippen LogP contribution in [0.5, 0.6) is 23.0 Å². The van der Waals surface area contributed by atoms with Crippen molar-refractivity contribution >= 4 is 33.9 Å². The summed E-state index contributed by atoms with van der Waals surface area (Å²) in [7, 11) is 0. The van der Waals surface area contributed by atoms with Crippen LogP contribution in [0.1, 0.15) is 26.3 Å². The van der Waals surface area contributed by atoms with E-state index in [1.807, 2.05) is 42.5 Å². The zero-order chi connectivity index (χ0) is 26.7. The first-order valence-electron chi connectivity index (χ1n) is 12.2. The van der Waals surface area contributed by atoms with Crippen LogP contribution in [0.25, 0.3) is 21.5 Å². The van der Waals surface area contributed by atoms with Crippen molar-refractivity contribution in [3.05, 3.63) is 109 Å². The van der Waals surface area contributed by atoms with Crippen LogP contribution < -0.4 is 18.9 Å². The van der Waals surface area contributed by atoms with Crippen molar-refractivity contribution in [3.8, 4) is 23.0 Å². The normalized spacial score (nSPS) is 11.2. The molecule has 0 fully saturated rings. The second kappa shape index (κ2) is 10.3. The molecule has 0 spiro atoms. The van der Waals surface area contributed by atoms with Crippen LogP contribution in [0.4, 0.5) is 9.59 Å². The van der Waals surface area contributed by atoms with E-state index in [4.69, 9.17) is 18.9 Å². The van der Waals surface area contributed by atoms with E-state index < -0.39 is 12.3 Å². The lowest BCUT2D eigenvalue weighted by Gasteiger charge is -2.22. The maximum Gasteiger partial charge on any atom is 0.519 e. The number of benzene rings is 5. The maximum absolute atomic E-state index is 12.9. The third kappa shape index (κ3) is 5.30. The molecule has 0 unspecified atom stereocenters. The Morgan fingerprint density at radius 2 is 0.921 bits per heavy atom. The van der Waals surface area contributed by atoms with Crippen molar-refractivity contribution in [2.45, 2.75) is 26.2 Å². The SMILES string of the molecule is CC(C)(C)c1ccc2c(OC(=O)Oc3ccccc3)c3ccccc3c(OC(=O)Oc3ccccc3)c2c1. The molecule has 190 valence electrons. The number of hydrogen-bond donors (Lipinski definition) is 0. The summed E-state index contributed by atoms with van der Waals surface area (Å²) in [4.78, 5) is 25.7. The van der Waals surface area contributed by atoms with Gasteiger partial charge in [0.15, 0.2) is 0 Å². The molecular formula is C32H26O6. The first kappa shape index (κ1) is 24.8. The number of carbonyl (C=O) groups is 2. The van der Waals surface area contributed by atoms with Gasteiger partial charge in [-0.1, -0.05) is 93.6 Å². The Morgan fingerprint density at radius 1 is 0.500 bits per heavy atom. The molecule has 0 aliphatic heterocycles. The molecule has 5 rings (SSSR count). The van der Waals surface area contributed by atoms with Crippen molar-refractivity contribution in [1.29, 1.82) is 0 Å². The summed E-state index contributed by atoms with van der Waals surface area (Å²) in [5, 5.41) is 2.35. The average molecular weight is 507 g/mol. The Kier molecular flexibility index (Phi) is 6.71. The molecule has 0 aromatic heterocycles. The predicted octanol–water partition coefficient (Wildman–Crippen LogP) is 8.45. The van der Waals surface area contributed by atoms with Crippen molar-refractivity contribution in [2.24, 2.45) is 0 Å². The molecular weight excluding hydrogens is 480 g/mol. The summed E-state index contributed by atoms with van der Waals surface area (Å²) in [5.74, 6) is 1.35. The summed E-state index contributed by atoms with van der Waals surface area (Å²) in [6, 6.07) is 30.4. The van der Waals surface area contributed by atoms with Crippen molar-refractivity contribution < 1.29 is 28.5 Å². The molecule has 0 saturated heterocycles. The van der Waals surface area contributed by atoms with E-state index in [0.29, 0.717) is 44.5 Å².